The minimum Gasteiger partial charge on any atom is -0.265 e. The minimum atomic E-state index is -3.66. The Kier molecular flexibility index (Phi) is 3.39. The number of pyridine rings is 1. The van der Waals surface area contributed by atoms with Crippen LogP contribution < -0.4 is 5.14 Å². The lowest BCUT2D eigenvalue weighted by Gasteiger charge is -2.29. The van der Waals surface area contributed by atoms with E-state index >= 15 is 0 Å². The van der Waals surface area contributed by atoms with Gasteiger partial charge in [0.2, 0.25) is 10.0 Å². The van der Waals surface area contributed by atoms with Gasteiger partial charge in [0.1, 0.15) is 0 Å². The normalized spacial score (nSPS) is 21.6. The SMILES string of the molecule is NS(=O)(=O)c1ccc(C2(c3ccncc3)C=CCC2)cc1. The van der Waals surface area contributed by atoms with E-state index in [2.05, 4.69) is 17.1 Å². The molecule has 0 spiro atoms. The second kappa shape index (κ2) is 5.09. The van der Waals surface area contributed by atoms with E-state index in [1.807, 2.05) is 24.3 Å². The van der Waals surface area contributed by atoms with Crippen molar-refractivity contribution in [3.05, 3.63) is 72.1 Å². The highest BCUT2D eigenvalue weighted by Gasteiger charge is 2.33. The number of allylic oxidation sites excluding steroid dienone is 2. The summed E-state index contributed by atoms with van der Waals surface area (Å²) < 4.78 is 22.7. The quantitative estimate of drug-likeness (QED) is 0.884. The molecule has 2 N–H and O–H groups in total. The number of hydrogen-bond donors (Lipinski definition) is 1. The second-order valence-electron chi connectivity index (χ2n) is 5.22. The molecule has 0 saturated heterocycles. The molecule has 1 aromatic carbocycles. The van der Waals surface area contributed by atoms with Crippen molar-refractivity contribution in [2.75, 3.05) is 0 Å². The maximum Gasteiger partial charge on any atom is 0.238 e. The summed E-state index contributed by atoms with van der Waals surface area (Å²) >= 11 is 0. The van der Waals surface area contributed by atoms with Gasteiger partial charge in [0.15, 0.2) is 0 Å². The fourth-order valence-corrected chi connectivity index (χ4v) is 3.43. The summed E-state index contributed by atoms with van der Waals surface area (Å²) in [6.07, 6.45) is 9.87. The molecule has 1 aliphatic carbocycles. The minimum absolute atomic E-state index is 0.137. The molecule has 0 aliphatic heterocycles. The van der Waals surface area contributed by atoms with Gasteiger partial charge in [0.05, 0.1) is 4.90 Å². The van der Waals surface area contributed by atoms with Crippen molar-refractivity contribution in [2.45, 2.75) is 23.2 Å². The third kappa shape index (κ3) is 2.50. The van der Waals surface area contributed by atoms with Crippen LogP contribution in [0.15, 0.2) is 65.8 Å². The Labute approximate surface area is 124 Å². The van der Waals surface area contributed by atoms with Crippen LogP contribution in [0.2, 0.25) is 0 Å². The van der Waals surface area contributed by atoms with E-state index in [0.717, 1.165) is 24.0 Å². The molecule has 0 amide bonds. The standard InChI is InChI=1S/C16H16N2O2S/c17-21(19,20)15-5-3-13(4-6-15)16(9-1-2-10-16)14-7-11-18-12-8-14/h1,3-9,11-12H,2,10H2,(H2,17,19,20). The summed E-state index contributed by atoms with van der Waals surface area (Å²) in [5.74, 6) is 0. The molecule has 2 aromatic rings. The molecule has 0 fully saturated rings. The van der Waals surface area contributed by atoms with Gasteiger partial charge in [0, 0.05) is 17.8 Å². The van der Waals surface area contributed by atoms with Crippen LogP contribution in [0.4, 0.5) is 0 Å². The smallest absolute Gasteiger partial charge is 0.238 e. The fraction of sp³-hybridized carbons (Fsp3) is 0.188. The van der Waals surface area contributed by atoms with Crippen LogP contribution in [0.3, 0.4) is 0 Å². The molecule has 4 nitrogen and oxygen atoms in total. The van der Waals surface area contributed by atoms with Crippen molar-refractivity contribution in [1.29, 1.82) is 0 Å². The lowest BCUT2D eigenvalue weighted by atomic mass is 9.74. The predicted molar refractivity (Wildman–Crippen MR) is 81.2 cm³/mol. The summed E-state index contributed by atoms with van der Waals surface area (Å²) in [6, 6.07) is 10.8. The van der Waals surface area contributed by atoms with Gasteiger partial charge in [-0.05, 0) is 48.2 Å². The van der Waals surface area contributed by atoms with E-state index in [1.165, 1.54) is 0 Å². The average Bonchev–Trinajstić information content (AvgIpc) is 2.98. The first-order chi connectivity index (χ1) is 10.0. The highest BCUT2D eigenvalue weighted by molar-refractivity contribution is 7.89. The molecule has 0 bridgehead atoms. The summed E-state index contributed by atoms with van der Waals surface area (Å²) in [5.41, 5.74) is 2.02. The summed E-state index contributed by atoms with van der Waals surface area (Å²) in [7, 11) is -3.66. The van der Waals surface area contributed by atoms with Crippen LogP contribution in [-0.4, -0.2) is 13.4 Å². The number of nitrogens with two attached hydrogens (primary N) is 1. The molecule has 5 heteroatoms. The number of rotatable bonds is 3. The predicted octanol–water partition coefficient (Wildman–Crippen LogP) is 2.37. The van der Waals surface area contributed by atoms with Crippen LogP contribution in [0.1, 0.15) is 24.0 Å². The van der Waals surface area contributed by atoms with Crippen LogP contribution in [0, 0.1) is 0 Å². The molecule has 1 heterocycles. The van der Waals surface area contributed by atoms with E-state index in [9.17, 15) is 8.42 Å². The molecule has 0 saturated carbocycles. The molecule has 108 valence electrons. The van der Waals surface area contributed by atoms with Crippen LogP contribution in [0.5, 0.6) is 0 Å². The van der Waals surface area contributed by atoms with Crippen molar-refractivity contribution in [1.82, 2.24) is 4.98 Å². The number of sulfonamides is 1. The van der Waals surface area contributed by atoms with E-state index in [1.54, 1.807) is 24.5 Å². The number of benzene rings is 1. The Hall–Kier alpha value is -1.98. The van der Waals surface area contributed by atoms with Gasteiger partial charge < -0.3 is 0 Å². The maximum absolute atomic E-state index is 11.4. The second-order valence-corrected chi connectivity index (χ2v) is 6.78. The largest absolute Gasteiger partial charge is 0.265 e. The third-order valence-corrected chi connectivity index (χ3v) is 4.93. The zero-order valence-electron chi connectivity index (χ0n) is 11.4. The van der Waals surface area contributed by atoms with E-state index in [4.69, 9.17) is 5.14 Å². The first-order valence-corrected chi connectivity index (χ1v) is 8.29. The topological polar surface area (TPSA) is 73.1 Å². The van der Waals surface area contributed by atoms with Gasteiger partial charge in [-0.15, -0.1) is 0 Å². The molecule has 1 aliphatic rings. The van der Waals surface area contributed by atoms with Crippen molar-refractivity contribution >= 4 is 10.0 Å². The first kappa shape index (κ1) is 14.0. The number of hydrogen-bond acceptors (Lipinski definition) is 3. The molecule has 1 atom stereocenters. The molecule has 3 rings (SSSR count). The zero-order valence-corrected chi connectivity index (χ0v) is 12.3. The lowest BCUT2D eigenvalue weighted by molar-refractivity contribution is 0.597. The van der Waals surface area contributed by atoms with Crippen molar-refractivity contribution in [3.8, 4) is 0 Å². The maximum atomic E-state index is 11.4. The Bertz CT molecular complexity index is 768. The van der Waals surface area contributed by atoms with Crippen molar-refractivity contribution < 1.29 is 8.42 Å². The first-order valence-electron chi connectivity index (χ1n) is 6.74. The van der Waals surface area contributed by atoms with E-state index < -0.39 is 10.0 Å². The highest BCUT2D eigenvalue weighted by atomic mass is 32.2. The number of aromatic nitrogens is 1. The average molecular weight is 300 g/mol. The van der Waals surface area contributed by atoms with Gasteiger partial charge in [-0.1, -0.05) is 24.3 Å². The van der Waals surface area contributed by atoms with Gasteiger partial charge in [-0.3, -0.25) is 4.98 Å². The number of primary sulfonamides is 1. The Morgan fingerprint density at radius 3 is 2.14 bits per heavy atom. The Morgan fingerprint density at radius 2 is 1.62 bits per heavy atom. The summed E-state index contributed by atoms with van der Waals surface area (Å²) in [4.78, 5) is 4.21. The van der Waals surface area contributed by atoms with Crippen LogP contribution in [-0.2, 0) is 15.4 Å². The van der Waals surface area contributed by atoms with E-state index in [-0.39, 0.29) is 10.3 Å². The lowest BCUT2D eigenvalue weighted by Crippen LogP contribution is -2.23. The molecule has 1 aromatic heterocycles. The Morgan fingerprint density at radius 1 is 1.00 bits per heavy atom. The third-order valence-electron chi connectivity index (χ3n) is 4.00. The van der Waals surface area contributed by atoms with Gasteiger partial charge in [0.25, 0.3) is 0 Å². The molecular weight excluding hydrogens is 284 g/mol. The zero-order chi connectivity index (χ0) is 14.9. The highest BCUT2D eigenvalue weighted by Crippen LogP contribution is 2.42. The van der Waals surface area contributed by atoms with Crippen molar-refractivity contribution in [3.63, 3.8) is 0 Å². The van der Waals surface area contributed by atoms with Gasteiger partial charge >= 0.3 is 0 Å². The van der Waals surface area contributed by atoms with Crippen LogP contribution in [0.25, 0.3) is 0 Å². The molecular formula is C16H16N2O2S. The van der Waals surface area contributed by atoms with Gasteiger partial charge in [-0.25, -0.2) is 13.6 Å². The molecule has 1 unspecified atom stereocenters. The molecule has 0 radical (unpaired) electrons. The number of nitrogens with zero attached hydrogens (tertiary/aromatic N) is 1. The molecule has 21 heavy (non-hydrogen) atoms. The summed E-state index contributed by atoms with van der Waals surface area (Å²) in [5, 5.41) is 5.15. The Balaban J connectivity index is 2.09. The van der Waals surface area contributed by atoms with E-state index in [0.29, 0.717) is 0 Å². The van der Waals surface area contributed by atoms with Gasteiger partial charge in [-0.2, -0.15) is 0 Å². The van der Waals surface area contributed by atoms with Crippen molar-refractivity contribution in [2.24, 2.45) is 5.14 Å². The fourth-order valence-electron chi connectivity index (χ4n) is 2.92. The monoisotopic (exact) mass is 300 g/mol. The van der Waals surface area contributed by atoms with Crippen LogP contribution >= 0.6 is 0 Å². The summed E-state index contributed by atoms with van der Waals surface area (Å²) in [6.45, 7) is 0.